The lowest BCUT2D eigenvalue weighted by Gasteiger charge is -2.27. The van der Waals surface area contributed by atoms with E-state index in [1.54, 1.807) is 6.08 Å². The predicted molar refractivity (Wildman–Crippen MR) is 54.0 cm³/mol. The number of rotatable bonds is 2. The molecule has 1 aliphatic rings. The van der Waals surface area contributed by atoms with Gasteiger partial charge in [0.25, 0.3) is 0 Å². The van der Waals surface area contributed by atoms with Crippen LogP contribution in [0.2, 0.25) is 0 Å². The Kier molecular flexibility index (Phi) is 3.29. The number of allylic oxidation sites excluding steroid dienone is 3. The first-order valence-corrected chi connectivity index (χ1v) is 4.58. The molecule has 0 aliphatic heterocycles. The molecule has 0 radical (unpaired) electrons. The van der Waals surface area contributed by atoms with Crippen molar-refractivity contribution in [3.63, 3.8) is 0 Å². The van der Waals surface area contributed by atoms with E-state index in [4.69, 9.17) is 0 Å². The first-order valence-electron chi connectivity index (χ1n) is 4.58. The van der Waals surface area contributed by atoms with Crippen LogP contribution >= 0.6 is 0 Å². The number of hydrogen-bond donors (Lipinski definition) is 0. The molecule has 0 bridgehead atoms. The molecule has 15 heavy (non-hydrogen) atoms. The topological polar surface area (TPSA) is 52.6 Å². The van der Waals surface area contributed by atoms with Crippen molar-refractivity contribution in [2.24, 2.45) is 5.41 Å². The van der Waals surface area contributed by atoms with Gasteiger partial charge in [-0.1, -0.05) is 23.8 Å². The fourth-order valence-corrected chi connectivity index (χ4v) is 1.66. The van der Waals surface area contributed by atoms with Gasteiger partial charge in [-0.05, 0) is 13.3 Å². The van der Waals surface area contributed by atoms with E-state index in [2.05, 4.69) is 9.47 Å². The Labute approximate surface area is 88.6 Å². The molecular formula is C11H14O4. The summed E-state index contributed by atoms with van der Waals surface area (Å²) in [6.07, 6.45) is 5.36. The van der Waals surface area contributed by atoms with Gasteiger partial charge < -0.3 is 9.47 Å². The van der Waals surface area contributed by atoms with Gasteiger partial charge in [0.15, 0.2) is 5.41 Å². The van der Waals surface area contributed by atoms with Crippen LogP contribution in [0.1, 0.15) is 13.3 Å². The zero-order valence-electron chi connectivity index (χ0n) is 9.07. The summed E-state index contributed by atoms with van der Waals surface area (Å²) in [4.78, 5) is 23.3. The average Bonchev–Trinajstić information content (AvgIpc) is 2.26. The number of carbonyl (C=O) groups excluding carboxylic acids is 2. The lowest BCUT2D eigenvalue weighted by atomic mass is 9.78. The first-order chi connectivity index (χ1) is 7.06. The standard InChI is InChI=1S/C11H14O4/c1-8-5-4-6-11(7-8,9(12)14-2)10(13)15-3/h4-6H,7H2,1-3H3. The predicted octanol–water partition coefficient (Wildman–Crippen LogP) is 1.22. The van der Waals surface area contributed by atoms with E-state index in [9.17, 15) is 9.59 Å². The van der Waals surface area contributed by atoms with Gasteiger partial charge in [0.05, 0.1) is 14.2 Å². The molecule has 82 valence electrons. The Morgan fingerprint density at radius 1 is 1.27 bits per heavy atom. The lowest BCUT2D eigenvalue weighted by Crippen LogP contribution is -2.40. The van der Waals surface area contributed by atoms with Crippen LogP contribution < -0.4 is 0 Å². The molecule has 0 unspecified atom stereocenters. The monoisotopic (exact) mass is 210 g/mol. The van der Waals surface area contributed by atoms with Crippen LogP contribution in [0.4, 0.5) is 0 Å². The van der Waals surface area contributed by atoms with Crippen LogP contribution in [0, 0.1) is 5.41 Å². The maximum Gasteiger partial charge on any atom is 0.327 e. The van der Waals surface area contributed by atoms with Crippen LogP contribution in [0.15, 0.2) is 23.8 Å². The highest BCUT2D eigenvalue weighted by atomic mass is 16.5. The minimum atomic E-state index is -1.30. The zero-order valence-corrected chi connectivity index (χ0v) is 9.07. The summed E-state index contributed by atoms with van der Waals surface area (Å²) < 4.78 is 9.29. The summed E-state index contributed by atoms with van der Waals surface area (Å²) in [6, 6.07) is 0. The van der Waals surface area contributed by atoms with Crippen LogP contribution in [0.25, 0.3) is 0 Å². The summed E-state index contributed by atoms with van der Waals surface area (Å²) in [6.45, 7) is 1.85. The molecule has 0 aromatic carbocycles. The van der Waals surface area contributed by atoms with Crippen LogP contribution in [0.3, 0.4) is 0 Å². The molecule has 0 heterocycles. The normalized spacial score (nSPS) is 17.9. The molecule has 0 fully saturated rings. The van der Waals surface area contributed by atoms with Gasteiger partial charge >= 0.3 is 11.9 Å². The Hall–Kier alpha value is -1.58. The molecule has 0 saturated heterocycles. The summed E-state index contributed by atoms with van der Waals surface area (Å²) in [5.74, 6) is -1.17. The van der Waals surface area contributed by atoms with Gasteiger partial charge in [0.2, 0.25) is 0 Å². The molecule has 0 atom stereocenters. The van der Waals surface area contributed by atoms with E-state index in [0.717, 1.165) is 5.57 Å². The lowest BCUT2D eigenvalue weighted by molar-refractivity contribution is -0.165. The fourth-order valence-electron chi connectivity index (χ4n) is 1.66. The van der Waals surface area contributed by atoms with Gasteiger partial charge in [-0.3, -0.25) is 9.59 Å². The SMILES string of the molecule is COC(=O)C1(C(=O)OC)C=CC=C(C)C1. The molecule has 0 aromatic heterocycles. The van der Waals surface area contributed by atoms with Gasteiger partial charge in [-0.15, -0.1) is 0 Å². The van der Waals surface area contributed by atoms with E-state index in [0.29, 0.717) is 6.42 Å². The highest BCUT2D eigenvalue weighted by Gasteiger charge is 2.46. The first kappa shape index (κ1) is 11.5. The zero-order chi connectivity index (χ0) is 11.5. The average molecular weight is 210 g/mol. The maximum absolute atomic E-state index is 11.6. The Morgan fingerprint density at radius 3 is 2.20 bits per heavy atom. The van der Waals surface area contributed by atoms with Gasteiger partial charge in [-0.2, -0.15) is 0 Å². The number of hydrogen-bond acceptors (Lipinski definition) is 4. The Morgan fingerprint density at radius 2 is 1.80 bits per heavy atom. The highest BCUT2D eigenvalue weighted by molar-refractivity contribution is 6.02. The number of carbonyl (C=O) groups is 2. The summed E-state index contributed by atoms with van der Waals surface area (Å²) in [7, 11) is 2.52. The highest BCUT2D eigenvalue weighted by Crippen LogP contribution is 2.34. The molecule has 1 aliphatic carbocycles. The molecule has 0 amide bonds. The van der Waals surface area contributed by atoms with E-state index < -0.39 is 17.4 Å². The number of ether oxygens (including phenoxy) is 2. The molecule has 0 saturated carbocycles. The molecule has 0 N–H and O–H groups in total. The number of esters is 2. The molecule has 4 nitrogen and oxygen atoms in total. The van der Waals surface area contributed by atoms with Crippen molar-refractivity contribution in [1.29, 1.82) is 0 Å². The molecule has 0 spiro atoms. The molecule has 1 rings (SSSR count). The third kappa shape index (κ3) is 1.93. The molecular weight excluding hydrogens is 196 g/mol. The van der Waals surface area contributed by atoms with E-state index in [-0.39, 0.29) is 0 Å². The second kappa shape index (κ2) is 4.29. The van der Waals surface area contributed by atoms with E-state index >= 15 is 0 Å². The van der Waals surface area contributed by atoms with Crippen molar-refractivity contribution in [2.45, 2.75) is 13.3 Å². The van der Waals surface area contributed by atoms with Gasteiger partial charge in [-0.25, -0.2) is 0 Å². The third-order valence-corrected chi connectivity index (χ3v) is 2.42. The summed E-state index contributed by atoms with van der Waals surface area (Å²) in [5, 5.41) is 0. The van der Waals surface area contributed by atoms with Crippen molar-refractivity contribution in [1.82, 2.24) is 0 Å². The summed E-state index contributed by atoms with van der Waals surface area (Å²) >= 11 is 0. The van der Waals surface area contributed by atoms with Crippen LogP contribution in [-0.4, -0.2) is 26.2 Å². The van der Waals surface area contributed by atoms with Crippen molar-refractivity contribution in [2.75, 3.05) is 14.2 Å². The number of methoxy groups -OCH3 is 2. The van der Waals surface area contributed by atoms with Gasteiger partial charge in [0, 0.05) is 0 Å². The minimum absolute atomic E-state index is 0.308. The van der Waals surface area contributed by atoms with Crippen molar-refractivity contribution in [3.05, 3.63) is 23.8 Å². The van der Waals surface area contributed by atoms with Gasteiger partial charge in [0.1, 0.15) is 0 Å². The van der Waals surface area contributed by atoms with Crippen molar-refractivity contribution < 1.29 is 19.1 Å². The molecule has 0 aromatic rings. The fraction of sp³-hybridized carbons (Fsp3) is 0.455. The Balaban J connectivity index is 3.09. The summed E-state index contributed by atoms with van der Waals surface area (Å²) in [5.41, 5.74) is -0.365. The van der Waals surface area contributed by atoms with E-state index in [1.165, 1.54) is 20.3 Å². The van der Waals surface area contributed by atoms with Crippen molar-refractivity contribution >= 4 is 11.9 Å². The minimum Gasteiger partial charge on any atom is -0.468 e. The molecule has 4 heteroatoms. The largest absolute Gasteiger partial charge is 0.468 e. The van der Waals surface area contributed by atoms with E-state index in [1.807, 2.05) is 13.0 Å². The Bertz CT molecular complexity index is 322. The van der Waals surface area contributed by atoms with Crippen LogP contribution in [-0.2, 0) is 19.1 Å². The smallest absolute Gasteiger partial charge is 0.327 e. The third-order valence-electron chi connectivity index (χ3n) is 2.42. The maximum atomic E-state index is 11.6. The van der Waals surface area contributed by atoms with Crippen LogP contribution in [0.5, 0.6) is 0 Å². The second-order valence-electron chi connectivity index (χ2n) is 3.50. The van der Waals surface area contributed by atoms with Crippen molar-refractivity contribution in [3.8, 4) is 0 Å². The quantitative estimate of drug-likeness (QED) is 0.508. The second-order valence-corrected chi connectivity index (χ2v) is 3.50.